The van der Waals surface area contributed by atoms with Crippen molar-refractivity contribution in [3.8, 4) is 0 Å². The number of nitrogens with one attached hydrogen (secondary N) is 2. The number of fused-ring (bicyclic) bond motifs is 1. The summed E-state index contributed by atoms with van der Waals surface area (Å²) >= 11 is 6.11. The van der Waals surface area contributed by atoms with Crippen molar-refractivity contribution in [3.05, 3.63) is 29.4 Å². The smallest absolute Gasteiger partial charge is 0.217 e. The van der Waals surface area contributed by atoms with Crippen LogP contribution in [0.25, 0.3) is 10.8 Å². The second-order valence-corrected chi connectivity index (χ2v) is 6.09. The predicted octanol–water partition coefficient (Wildman–Crippen LogP) is 3.14. The lowest BCUT2D eigenvalue weighted by atomic mass is 9.90. The number of hydrogen-bond acceptors (Lipinski definition) is 4. The SMILES string of the molecule is CC(=O)N[C@@H]1CCCC[C@H]1Nc1nnc(Cl)c2ccccc12. The molecule has 0 saturated heterocycles. The lowest BCUT2D eigenvalue weighted by molar-refractivity contribution is -0.119. The van der Waals surface area contributed by atoms with Crippen LogP contribution in [0.2, 0.25) is 5.15 Å². The molecule has 1 saturated carbocycles. The summed E-state index contributed by atoms with van der Waals surface area (Å²) in [6.07, 6.45) is 4.27. The van der Waals surface area contributed by atoms with Crippen molar-refractivity contribution in [1.29, 1.82) is 0 Å². The maximum absolute atomic E-state index is 11.4. The third kappa shape index (κ3) is 3.14. The van der Waals surface area contributed by atoms with Crippen molar-refractivity contribution in [2.75, 3.05) is 5.32 Å². The molecule has 0 unspecified atom stereocenters. The Morgan fingerprint density at radius 2 is 1.82 bits per heavy atom. The maximum atomic E-state index is 11.4. The zero-order chi connectivity index (χ0) is 15.5. The summed E-state index contributed by atoms with van der Waals surface area (Å²) < 4.78 is 0. The number of rotatable bonds is 3. The van der Waals surface area contributed by atoms with Crippen molar-refractivity contribution in [2.45, 2.75) is 44.7 Å². The molecule has 0 aliphatic heterocycles. The number of benzene rings is 1. The van der Waals surface area contributed by atoms with E-state index in [0.29, 0.717) is 5.15 Å². The van der Waals surface area contributed by atoms with E-state index in [1.165, 1.54) is 0 Å². The summed E-state index contributed by atoms with van der Waals surface area (Å²) in [4.78, 5) is 11.4. The van der Waals surface area contributed by atoms with E-state index in [4.69, 9.17) is 11.6 Å². The molecule has 1 aromatic carbocycles. The fraction of sp³-hybridized carbons (Fsp3) is 0.438. The molecule has 6 heteroatoms. The van der Waals surface area contributed by atoms with Crippen molar-refractivity contribution < 1.29 is 4.79 Å². The van der Waals surface area contributed by atoms with Gasteiger partial charge in [0.05, 0.1) is 0 Å². The minimum absolute atomic E-state index is 0.00532. The van der Waals surface area contributed by atoms with Gasteiger partial charge in [0.25, 0.3) is 0 Å². The van der Waals surface area contributed by atoms with Gasteiger partial charge >= 0.3 is 0 Å². The van der Waals surface area contributed by atoms with Gasteiger partial charge < -0.3 is 10.6 Å². The first-order chi connectivity index (χ1) is 10.6. The Morgan fingerprint density at radius 1 is 1.14 bits per heavy atom. The topological polar surface area (TPSA) is 66.9 Å². The number of carbonyl (C=O) groups excluding carboxylic acids is 1. The van der Waals surface area contributed by atoms with Gasteiger partial charge in [0.1, 0.15) is 0 Å². The molecule has 3 rings (SSSR count). The summed E-state index contributed by atoms with van der Waals surface area (Å²) in [7, 11) is 0. The summed E-state index contributed by atoms with van der Waals surface area (Å²) in [6, 6.07) is 8.09. The molecule has 116 valence electrons. The van der Waals surface area contributed by atoms with Crippen molar-refractivity contribution >= 4 is 34.1 Å². The molecule has 22 heavy (non-hydrogen) atoms. The van der Waals surface area contributed by atoms with E-state index in [-0.39, 0.29) is 18.0 Å². The molecular formula is C16H19ClN4O. The van der Waals surface area contributed by atoms with Crippen LogP contribution in [0.1, 0.15) is 32.6 Å². The quantitative estimate of drug-likeness (QED) is 0.912. The second-order valence-electron chi connectivity index (χ2n) is 5.73. The highest BCUT2D eigenvalue weighted by atomic mass is 35.5. The number of nitrogens with zero attached hydrogens (tertiary/aromatic N) is 2. The number of amides is 1. The predicted molar refractivity (Wildman–Crippen MR) is 88.0 cm³/mol. The van der Waals surface area contributed by atoms with Crippen LogP contribution in [0, 0.1) is 0 Å². The molecule has 2 N–H and O–H groups in total. The van der Waals surface area contributed by atoms with Gasteiger partial charge in [0, 0.05) is 29.8 Å². The maximum Gasteiger partial charge on any atom is 0.217 e. The summed E-state index contributed by atoms with van der Waals surface area (Å²) in [5.74, 6) is 0.730. The Balaban J connectivity index is 1.88. The van der Waals surface area contributed by atoms with Crippen LogP contribution in [0.5, 0.6) is 0 Å². The van der Waals surface area contributed by atoms with E-state index in [2.05, 4.69) is 20.8 Å². The first kappa shape index (κ1) is 15.0. The van der Waals surface area contributed by atoms with Crippen molar-refractivity contribution in [2.24, 2.45) is 0 Å². The number of carbonyl (C=O) groups is 1. The molecule has 0 spiro atoms. The van der Waals surface area contributed by atoms with E-state index in [0.717, 1.165) is 42.3 Å². The monoisotopic (exact) mass is 318 g/mol. The van der Waals surface area contributed by atoms with Gasteiger partial charge in [-0.2, -0.15) is 0 Å². The zero-order valence-electron chi connectivity index (χ0n) is 12.5. The lowest BCUT2D eigenvalue weighted by Gasteiger charge is -2.33. The highest BCUT2D eigenvalue weighted by Crippen LogP contribution is 2.28. The molecule has 2 aromatic rings. The molecule has 1 fully saturated rings. The molecule has 1 aliphatic rings. The van der Waals surface area contributed by atoms with Crippen molar-refractivity contribution in [1.82, 2.24) is 15.5 Å². The molecule has 0 radical (unpaired) electrons. The Kier molecular flexibility index (Phi) is 4.43. The van der Waals surface area contributed by atoms with Crippen LogP contribution in [-0.4, -0.2) is 28.2 Å². The van der Waals surface area contributed by atoms with Gasteiger partial charge in [-0.25, -0.2) is 0 Å². The van der Waals surface area contributed by atoms with E-state index in [1.54, 1.807) is 6.92 Å². The van der Waals surface area contributed by atoms with Gasteiger partial charge in [-0.1, -0.05) is 48.7 Å². The van der Waals surface area contributed by atoms with E-state index < -0.39 is 0 Å². The van der Waals surface area contributed by atoms with Crippen LogP contribution >= 0.6 is 11.6 Å². The third-order valence-corrected chi connectivity index (χ3v) is 4.40. The molecule has 1 amide bonds. The van der Waals surface area contributed by atoms with Gasteiger partial charge in [0.2, 0.25) is 5.91 Å². The third-order valence-electron chi connectivity index (χ3n) is 4.12. The summed E-state index contributed by atoms with van der Waals surface area (Å²) in [5, 5.41) is 17.0. The highest BCUT2D eigenvalue weighted by molar-refractivity contribution is 6.34. The van der Waals surface area contributed by atoms with E-state index >= 15 is 0 Å². The van der Waals surface area contributed by atoms with Crippen LogP contribution in [0.4, 0.5) is 5.82 Å². The molecule has 1 aromatic heterocycles. The van der Waals surface area contributed by atoms with Gasteiger partial charge in [-0.15, -0.1) is 10.2 Å². The van der Waals surface area contributed by atoms with Crippen LogP contribution in [-0.2, 0) is 4.79 Å². The number of hydrogen-bond donors (Lipinski definition) is 2. The Hall–Kier alpha value is -1.88. The van der Waals surface area contributed by atoms with Gasteiger partial charge in [-0.3, -0.25) is 4.79 Å². The van der Waals surface area contributed by atoms with Gasteiger partial charge in [0.15, 0.2) is 11.0 Å². The summed E-state index contributed by atoms with van der Waals surface area (Å²) in [6.45, 7) is 1.56. The number of aromatic nitrogens is 2. The standard InChI is InChI=1S/C16H19ClN4O/c1-10(22)18-13-8-4-5-9-14(13)19-16-12-7-3-2-6-11(12)15(17)20-21-16/h2-3,6-7,13-14H,4-5,8-9H2,1H3,(H,18,22)(H,19,21)/t13-,14-/m1/s1. The normalized spacial score (nSPS) is 21.5. The average Bonchev–Trinajstić information content (AvgIpc) is 2.52. The number of anilines is 1. The Labute approximate surface area is 134 Å². The first-order valence-corrected chi connectivity index (χ1v) is 7.97. The molecule has 1 heterocycles. The van der Waals surface area contributed by atoms with Crippen LogP contribution in [0.3, 0.4) is 0 Å². The molecule has 0 bridgehead atoms. The van der Waals surface area contributed by atoms with Crippen LogP contribution < -0.4 is 10.6 Å². The molecule has 2 atom stereocenters. The van der Waals surface area contributed by atoms with Gasteiger partial charge in [-0.05, 0) is 12.8 Å². The molecule has 5 nitrogen and oxygen atoms in total. The fourth-order valence-electron chi connectivity index (χ4n) is 3.09. The van der Waals surface area contributed by atoms with E-state index in [9.17, 15) is 4.79 Å². The minimum Gasteiger partial charge on any atom is -0.363 e. The number of halogens is 1. The Morgan fingerprint density at radius 3 is 2.55 bits per heavy atom. The zero-order valence-corrected chi connectivity index (χ0v) is 13.2. The van der Waals surface area contributed by atoms with E-state index in [1.807, 2.05) is 24.3 Å². The summed E-state index contributed by atoms with van der Waals surface area (Å²) in [5.41, 5.74) is 0. The van der Waals surface area contributed by atoms with Crippen molar-refractivity contribution in [3.63, 3.8) is 0 Å². The fourth-order valence-corrected chi connectivity index (χ4v) is 3.29. The highest BCUT2D eigenvalue weighted by Gasteiger charge is 2.26. The minimum atomic E-state index is 0.00532. The molecular weight excluding hydrogens is 300 g/mol. The average molecular weight is 319 g/mol. The van der Waals surface area contributed by atoms with Crippen LogP contribution in [0.15, 0.2) is 24.3 Å². The largest absolute Gasteiger partial charge is 0.363 e. The Bertz CT molecular complexity index is 691. The first-order valence-electron chi connectivity index (χ1n) is 7.59. The lowest BCUT2D eigenvalue weighted by Crippen LogP contribution is -2.48. The second kappa shape index (κ2) is 6.48. The molecule has 1 aliphatic carbocycles.